The Morgan fingerprint density at radius 2 is 2.12 bits per heavy atom. The molecule has 1 aliphatic heterocycles. The van der Waals surface area contributed by atoms with E-state index in [0.29, 0.717) is 12.5 Å². The van der Waals surface area contributed by atoms with Crippen molar-refractivity contribution in [2.45, 2.75) is 26.7 Å². The van der Waals surface area contributed by atoms with Crippen molar-refractivity contribution in [1.29, 1.82) is 0 Å². The SMILES string of the molecule is Cc1cc(Br)ccc1NC(=O)C[NH+](C)CC(=O)N1CCC[C@H](C)C1. The predicted molar refractivity (Wildman–Crippen MR) is 99.1 cm³/mol. The highest BCUT2D eigenvalue weighted by Crippen LogP contribution is 2.19. The highest BCUT2D eigenvalue weighted by Gasteiger charge is 2.24. The molecule has 2 N–H and O–H groups in total. The molecule has 0 saturated carbocycles. The number of amides is 2. The monoisotopic (exact) mass is 396 g/mol. The van der Waals surface area contributed by atoms with Crippen molar-refractivity contribution >= 4 is 33.4 Å². The van der Waals surface area contributed by atoms with Crippen molar-refractivity contribution in [3.8, 4) is 0 Å². The van der Waals surface area contributed by atoms with Gasteiger partial charge in [0.25, 0.3) is 11.8 Å². The smallest absolute Gasteiger partial charge is 0.279 e. The van der Waals surface area contributed by atoms with Crippen LogP contribution < -0.4 is 10.2 Å². The topological polar surface area (TPSA) is 53.9 Å². The predicted octanol–water partition coefficient (Wildman–Crippen LogP) is 1.47. The van der Waals surface area contributed by atoms with Crippen LogP contribution in [0.3, 0.4) is 0 Å². The molecule has 0 bridgehead atoms. The average molecular weight is 397 g/mol. The van der Waals surface area contributed by atoms with Crippen molar-refractivity contribution in [2.24, 2.45) is 5.92 Å². The molecular weight excluding hydrogens is 370 g/mol. The van der Waals surface area contributed by atoms with E-state index in [2.05, 4.69) is 28.2 Å². The minimum atomic E-state index is -0.0715. The van der Waals surface area contributed by atoms with Crippen LogP contribution in [0.25, 0.3) is 0 Å². The Hall–Kier alpha value is -1.40. The summed E-state index contributed by atoms with van der Waals surface area (Å²) in [6, 6.07) is 5.75. The highest BCUT2D eigenvalue weighted by atomic mass is 79.9. The van der Waals surface area contributed by atoms with Crippen molar-refractivity contribution in [3.63, 3.8) is 0 Å². The number of hydrogen-bond donors (Lipinski definition) is 2. The van der Waals surface area contributed by atoms with Gasteiger partial charge in [-0.3, -0.25) is 9.59 Å². The summed E-state index contributed by atoms with van der Waals surface area (Å²) in [6.45, 7) is 6.48. The second kappa shape index (κ2) is 8.62. The van der Waals surface area contributed by atoms with E-state index in [4.69, 9.17) is 0 Å². The lowest BCUT2D eigenvalue weighted by molar-refractivity contribution is -0.862. The van der Waals surface area contributed by atoms with Gasteiger partial charge in [-0.15, -0.1) is 0 Å². The van der Waals surface area contributed by atoms with Gasteiger partial charge in [-0.2, -0.15) is 0 Å². The first-order valence-electron chi connectivity index (χ1n) is 8.50. The van der Waals surface area contributed by atoms with E-state index < -0.39 is 0 Å². The summed E-state index contributed by atoms with van der Waals surface area (Å²) in [7, 11) is 1.89. The molecule has 132 valence electrons. The Balaban J connectivity index is 1.81. The van der Waals surface area contributed by atoms with Gasteiger partial charge in [0, 0.05) is 23.2 Å². The largest absolute Gasteiger partial charge is 0.338 e. The van der Waals surface area contributed by atoms with E-state index in [0.717, 1.165) is 40.1 Å². The Morgan fingerprint density at radius 1 is 1.38 bits per heavy atom. The van der Waals surface area contributed by atoms with E-state index in [-0.39, 0.29) is 18.4 Å². The number of benzene rings is 1. The summed E-state index contributed by atoms with van der Waals surface area (Å²) in [6.07, 6.45) is 2.27. The lowest BCUT2D eigenvalue weighted by Crippen LogP contribution is -3.11. The number of aryl methyl sites for hydroxylation is 1. The summed E-state index contributed by atoms with van der Waals surface area (Å²) in [5, 5.41) is 2.92. The molecular formula is C18H27BrN3O2+. The van der Waals surface area contributed by atoms with Crippen molar-refractivity contribution in [3.05, 3.63) is 28.2 Å². The van der Waals surface area contributed by atoms with Gasteiger partial charge in [0.2, 0.25) is 0 Å². The third kappa shape index (κ3) is 5.60. The van der Waals surface area contributed by atoms with Crippen molar-refractivity contribution in [1.82, 2.24) is 4.90 Å². The fourth-order valence-corrected chi connectivity index (χ4v) is 3.56. The summed E-state index contributed by atoms with van der Waals surface area (Å²) in [5.74, 6) is 0.649. The number of quaternary nitrogens is 1. The average Bonchev–Trinajstić information content (AvgIpc) is 2.50. The Kier molecular flexibility index (Phi) is 6.80. The first-order valence-corrected chi connectivity index (χ1v) is 9.29. The van der Waals surface area contributed by atoms with Crippen LogP contribution in [0.4, 0.5) is 5.69 Å². The molecule has 1 heterocycles. The van der Waals surface area contributed by atoms with Gasteiger partial charge >= 0.3 is 0 Å². The van der Waals surface area contributed by atoms with E-state index >= 15 is 0 Å². The number of anilines is 1. The minimum absolute atomic E-state index is 0.0715. The molecule has 1 aliphatic rings. The van der Waals surface area contributed by atoms with Crippen molar-refractivity contribution in [2.75, 3.05) is 38.5 Å². The molecule has 0 aliphatic carbocycles. The van der Waals surface area contributed by atoms with Gasteiger partial charge < -0.3 is 15.1 Å². The number of piperidine rings is 1. The highest BCUT2D eigenvalue weighted by molar-refractivity contribution is 9.10. The molecule has 1 saturated heterocycles. The summed E-state index contributed by atoms with van der Waals surface area (Å²) >= 11 is 3.41. The van der Waals surface area contributed by atoms with Crippen LogP contribution in [0.5, 0.6) is 0 Å². The zero-order chi connectivity index (χ0) is 17.7. The Labute approximate surface area is 152 Å². The number of likely N-dealkylation sites (N-methyl/N-ethyl adjacent to an activating group) is 1. The number of nitrogens with zero attached hydrogens (tertiary/aromatic N) is 1. The fraction of sp³-hybridized carbons (Fsp3) is 0.556. The Morgan fingerprint density at radius 3 is 2.79 bits per heavy atom. The van der Waals surface area contributed by atoms with Gasteiger partial charge in [0.1, 0.15) is 0 Å². The number of nitrogens with one attached hydrogen (secondary N) is 2. The lowest BCUT2D eigenvalue weighted by atomic mass is 10.0. The maximum atomic E-state index is 12.4. The molecule has 2 atom stereocenters. The van der Waals surface area contributed by atoms with Crippen LogP contribution in [0.2, 0.25) is 0 Å². The zero-order valence-electron chi connectivity index (χ0n) is 14.7. The quantitative estimate of drug-likeness (QED) is 0.791. The molecule has 2 rings (SSSR count). The zero-order valence-corrected chi connectivity index (χ0v) is 16.3. The van der Waals surface area contributed by atoms with Crippen molar-refractivity contribution < 1.29 is 14.5 Å². The van der Waals surface area contributed by atoms with E-state index in [1.165, 1.54) is 6.42 Å². The van der Waals surface area contributed by atoms with Crippen LogP contribution in [0, 0.1) is 12.8 Å². The molecule has 24 heavy (non-hydrogen) atoms. The third-order valence-electron chi connectivity index (χ3n) is 4.39. The van der Waals surface area contributed by atoms with Crippen LogP contribution >= 0.6 is 15.9 Å². The molecule has 1 fully saturated rings. The second-order valence-corrected chi connectivity index (χ2v) is 7.82. The minimum Gasteiger partial charge on any atom is -0.338 e. The van der Waals surface area contributed by atoms with Crippen LogP contribution in [0.1, 0.15) is 25.3 Å². The molecule has 2 amide bonds. The number of hydrogen-bond acceptors (Lipinski definition) is 2. The van der Waals surface area contributed by atoms with Gasteiger partial charge in [0.15, 0.2) is 13.1 Å². The number of halogens is 1. The number of likely N-dealkylation sites (tertiary alicyclic amines) is 1. The third-order valence-corrected chi connectivity index (χ3v) is 4.88. The van der Waals surface area contributed by atoms with Crippen LogP contribution in [-0.2, 0) is 9.59 Å². The molecule has 1 aromatic carbocycles. The van der Waals surface area contributed by atoms with Gasteiger partial charge in [-0.25, -0.2) is 0 Å². The van der Waals surface area contributed by atoms with Gasteiger partial charge in [0.05, 0.1) is 7.05 Å². The van der Waals surface area contributed by atoms with E-state index in [1.54, 1.807) is 0 Å². The van der Waals surface area contributed by atoms with Crippen LogP contribution in [-0.4, -0.2) is 49.9 Å². The fourth-order valence-electron chi connectivity index (χ4n) is 3.08. The maximum absolute atomic E-state index is 12.4. The molecule has 0 radical (unpaired) electrons. The maximum Gasteiger partial charge on any atom is 0.279 e. The summed E-state index contributed by atoms with van der Waals surface area (Å²) in [4.78, 5) is 27.4. The second-order valence-electron chi connectivity index (χ2n) is 6.91. The molecule has 0 aromatic heterocycles. The number of carbonyl (C=O) groups is 2. The summed E-state index contributed by atoms with van der Waals surface area (Å²) < 4.78 is 0.988. The first-order chi connectivity index (χ1) is 11.3. The molecule has 5 nitrogen and oxygen atoms in total. The molecule has 6 heteroatoms. The molecule has 0 spiro atoms. The van der Waals surface area contributed by atoms with Crippen LogP contribution in [0.15, 0.2) is 22.7 Å². The molecule has 1 unspecified atom stereocenters. The standard InChI is InChI=1S/C18H26BrN3O2/c1-13-5-4-8-22(10-13)18(24)12-21(3)11-17(23)20-16-7-6-15(19)9-14(16)2/h6-7,9,13H,4-5,8,10-12H2,1-3H3,(H,20,23)/p+1/t13-/m0/s1. The van der Waals surface area contributed by atoms with Gasteiger partial charge in [-0.05, 0) is 49.4 Å². The molecule has 1 aromatic rings. The number of carbonyl (C=O) groups excluding carboxylic acids is 2. The first kappa shape index (κ1) is 18.9. The summed E-state index contributed by atoms with van der Waals surface area (Å²) in [5.41, 5.74) is 1.82. The number of rotatable bonds is 5. The lowest BCUT2D eigenvalue weighted by Gasteiger charge is -2.31. The Bertz CT molecular complexity index is 606. The van der Waals surface area contributed by atoms with E-state index in [9.17, 15) is 9.59 Å². The van der Waals surface area contributed by atoms with E-state index in [1.807, 2.05) is 37.1 Å². The van der Waals surface area contributed by atoms with Gasteiger partial charge in [-0.1, -0.05) is 22.9 Å². The normalized spacial score (nSPS) is 19.0.